The monoisotopic (exact) mass is 825 g/mol. The average molecular weight is 825 g/mol. The molecule has 1 atom stereocenters. The Bertz CT molecular complexity index is 1020. The van der Waals surface area contributed by atoms with Gasteiger partial charge in [0.25, 0.3) is 0 Å². The van der Waals surface area contributed by atoms with Crippen LogP contribution in [0.3, 0.4) is 0 Å². The maximum absolute atomic E-state index is 12.3. The molecule has 0 heterocycles. The molecule has 0 rings (SSSR count). The molecule has 0 spiro atoms. The van der Waals surface area contributed by atoms with E-state index in [-0.39, 0.29) is 25.2 Å². The van der Waals surface area contributed by atoms with Crippen LogP contribution in [0.5, 0.6) is 0 Å². The van der Waals surface area contributed by atoms with Crippen LogP contribution in [0.4, 0.5) is 0 Å². The zero-order valence-electron chi connectivity index (χ0n) is 39.0. The number of aliphatic hydroxyl groups is 1. The first-order valence-corrected chi connectivity index (χ1v) is 25.3. The summed E-state index contributed by atoms with van der Waals surface area (Å²) in [4.78, 5) is 24.4. The fraction of sp³-hybridized carbons (Fsp3) is 0.778. The number of carbonyl (C=O) groups is 2. The maximum Gasteiger partial charge on any atom is 0.306 e. The second-order valence-electron chi connectivity index (χ2n) is 16.9. The lowest BCUT2D eigenvalue weighted by Crippen LogP contribution is -2.28. The van der Waals surface area contributed by atoms with Crippen LogP contribution in [0.25, 0.3) is 0 Å². The summed E-state index contributed by atoms with van der Waals surface area (Å²) in [5.74, 6) is -0.582. The number of unbranched alkanes of at least 4 members (excludes halogenated alkanes) is 28. The van der Waals surface area contributed by atoms with Crippen molar-refractivity contribution in [1.82, 2.24) is 0 Å². The van der Waals surface area contributed by atoms with Crippen molar-refractivity contribution >= 4 is 11.9 Å². The summed E-state index contributed by atoms with van der Waals surface area (Å²) in [5.41, 5.74) is 0. The van der Waals surface area contributed by atoms with Gasteiger partial charge in [0.15, 0.2) is 6.10 Å². The van der Waals surface area contributed by atoms with Crippen molar-refractivity contribution < 1.29 is 24.2 Å². The van der Waals surface area contributed by atoms with Crippen LogP contribution < -0.4 is 0 Å². The predicted octanol–water partition coefficient (Wildman–Crippen LogP) is 16.7. The van der Waals surface area contributed by atoms with Crippen molar-refractivity contribution in [1.29, 1.82) is 0 Å². The SMILES string of the molecule is CC/C=C\C/C=C\C/C=C\C/C=C\C/C=C\CCCCCCCCCCCCCCCCCC(=O)OC(CO)COC(=O)CCCCCCCCCCCCCCCC. The number of rotatable bonds is 46. The van der Waals surface area contributed by atoms with Crippen molar-refractivity contribution in [2.24, 2.45) is 0 Å². The van der Waals surface area contributed by atoms with Crippen LogP contribution in [0, 0.1) is 0 Å². The average Bonchev–Trinajstić information content (AvgIpc) is 3.24. The summed E-state index contributed by atoms with van der Waals surface area (Å²) in [6, 6.07) is 0. The smallest absolute Gasteiger partial charge is 0.306 e. The van der Waals surface area contributed by atoms with Crippen LogP contribution >= 0.6 is 0 Å². The molecule has 5 nitrogen and oxygen atoms in total. The Balaban J connectivity index is 3.47. The highest BCUT2D eigenvalue weighted by molar-refractivity contribution is 5.70. The molecule has 0 aliphatic carbocycles. The molecule has 1 N–H and O–H groups in total. The number of esters is 2. The minimum absolute atomic E-state index is 0.0628. The molecular formula is C54H96O5. The Kier molecular flexibility index (Phi) is 47.9. The summed E-state index contributed by atoms with van der Waals surface area (Å²) in [5, 5.41) is 9.61. The lowest BCUT2D eigenvalue weighted by atomic mass is 10.0. The standard InChI is InChI=1S/C54H96O5/c1-3-5-7-9-11-13-15-17-19-20-21-22-23-24-25-26-27-28-29-30-31-32-33-34-35-37-39-41-43-45-47-49-54(57)59-52(50-55)51-58-53(56)48-46-44-42-40-38-36-18-16-14-12-10-8-6-4-2/h5,7,11,13,17,19,21-22,24-25,52,55H,3-4,6,8-10,12,14-16,18,20,23,26-51H2,1-2H3/b7-5-,13-11-,19-17-,22-21-,25-24-. The van der Waals surface area contributed by atoms with Gasteiger partial charge < -0.3 is 14.6 Å². The number of allylic oxidation sites excluding steroid dienone is 10. The summed E-state index contributed by atoms with van der Waals surface area (Å²) < 4.78 is 10.7. The van der Waals surface area contributed by atoms with Gasteiger partial charge in [-0.2, -0.15) is 0 Å². The molecule has 5 heteroatoms. The van der Waals surface area contributed by atoms with Crippen LogP contribution in [0.1, 0.15) is 251 Å². The first-order valence-electron chi connectivity index (χ1n) is 25.3. The molecule has 1 unspecified atom stereocenters. The molecule has 0 aliphatic heterocycles. The molecule has 0 aromatic carbocycles. The van der Waals surface area contributed by atoms with Gasteiger partial charge in [-0.15, -0.1) is 0 Å². The minimum atomic E-state index is -0.770. The zero-order chi connectivity index (χ0) is 42.8. The van der Waals surface area contributed by atoms with E-state index in [1.807, 2.05) is 0 Å². The molecule has 0 saturated carbocycles. The van der Waals surface area contributed by atoms with Crippen molar-refractivity contribution in [3.8, 4) is 0 Å². The Morgan fingerprint density at radius 2 is 0.729 bits per heavy atom. The van der Waals surface area contributed by atoms with E-state index in [1.54, 1.807) is 0 Å². The summed E-state index contributed by atoms with van der Waals surface area (Å²) in [7, 11) is 0. The molecule has 59 heavy (non-hydrogen) atoms. The van der Waals surface area contributed by atoms with E-state index in [0.717, 1.165) is 70.6 Å². The molecule has 0 bridgehead atoms. The molecule has 0 amide bonds. The van der Waals surface area contributed by atoms with Crippen molar-refractivity contribution in [3.05, 3.63) is 60.8 Å². The number of carbonyl (C=O) groups excluding carboxylic acids is 2. The van der Waals surface area contributed by atoms with Crippen molar-refractivity contribution in [2.75, 3.05) is 13.2 Å². The lowest BCUT2D eigenvalue weighted by molar-refractivity contribution is -0.161. The van der Waals surface area contributed by atoms with Gasteiger partial charge in [-0.25, -0.2) is 0 Å². The highest BCUT2D eigenvalue weighted by atomic mass is 16.6. The van der Waals surface area contributed by atoms with E-state index in [0.29, 0.717) is 12.8 Å². The summed E-state index contributed by atoms with van der Waals surface area (Å²) >= 11 is 0. The topological polar surface area (TPSA) is 72.8 Å². The van der Waals surface area contributed by atoms with Gasteiger partial charge in [0, 0.05) is 12.8 Å². The highest BCUT2D eigenvalue weighted by Gasteiger charge is 2.16. The zero-order valence-corrected chi connectivity index (χ0v) is 39.0. The number of ether oxygens (including phenoxy) is 2. The van der Waals surface area contributed by atoms with Gasteiger partial charge in [-0.05, 0) is 57.8 Å². The number of hydrogen-bond donors (Lipinski definition) is 1. The van der Waals surface area contributed by atoms with E-state index in [4.69, 9.17) is 9.47 Å². The quantitative estimate of drug-likeness (QED) is 0.0376. The van der Waals surface area contributed by atoms with Crippen LogP contribution in [0.15, 0.2) is 60.8 Å². The normalized spacial score (nSPS) is 12.7. The Hall–Kier alpha value is -2.40. The predicted molar refractivity (Wildman–Crippen MR) is 256 cm³/mol. The first kappa shape index (κ1) is 56.6. The van der Waals surface area contributed by atoms with Gasteiger partial charge in [-0.1, -0.05) is 242 Å². The van der Waals surface area contributed by atoms with E-state index >= 15 is 0 Å². The van der Waals surface area contributed by atoms with E-state index in [1.165, 1.54) is 154 Å². The maximum atomic E-state index is 12.3. The van der Waals surface area contributed by atoms with Crippen molar-refractivity contribution in [2.45, 2.75) is 258 Å². The Morgan fingerprint density at radius 3 is 1.10 bits per heavy atom. The fourth-order valence-corrected chi connectivity index (χ4v) is 7.29. The minimum Gasteiger partial charge on any atom is -0.462 e. The lowest BCUT2D eigenvalue weighted by Gasteiger charge is -2.15. The molecule has 0 fully saturated rings. The van der Waals surface area contributed by atoms with Crippen LogP contribution in [-0.2, 0) is 19.1 Å². The molecule has 0 saturated heterocycles. The second kappa shape index (κ2) is 50.0. The first-order chi connectivity index (χ1) is 29.1. The third-order valence-electron chi connectivity index (χ3n) is 11.1. The largest absolute Gasteiger partial charge is 0.462 e. The molecule has 0 aromatic heterocycles. The number of aliphatic hydroxyl groups excluding tert-OH is 1. The Labute approximate surface area is 366 Å². The second-order valence-corrected chi connectivity index (χ2v) is 16.9. The molecule has 0 aliphatic rings. The fourth-order valence-electron chi connectivity index (χ4n) is 7.29. The Morgan fingerprint density at radius 1 is 0.407 bits per heavy atom. The molecular weight excluding hydrogens is 729 g/mol. The van der Waals surface area contributed by atoms with Crippen molar-refractivity contribution in [3.63, 3.8) is 0 Å². The van der Waals surface area contributed by atoms with Crippen LogP contribution in [-0.4, -0.2) is 36.4 Å². The van der Waals surface area contributed by atoms with E-state index in [2.05, 4.69) is 74.6 Å². The third-order valence-corrected chi connectivity index (χ3v) is 11.1. The number of hydrogen-bond acceptors (Lipinski definition) is 5. The van der Waals surface area contributed by atoms with Gasteiger partial charge >= 0.3 is 11.9 Å². The van der Waals surface area contributed by atoms with E-state index in [9.17, 15) is 14.7 Å². The van der Waals surface area contributed by atoms with Gasteiger partial charge in [0.2, 0.25) is 0 Å². The van der Waals surface area contributed by atoms with Gasteiger partial charge in [0.1, 0.15) is 6.61 Å². The summed E-state index contributed by atoms with van der Waals surface area (Å²) in [6.07, 6.45) is 66.0. The third kappa shape index (κ3) is 48.1. The molecule has 0 radical (unpaired) electrons. The van der Waals surface area contributed by atoms with E-state index < -0.39 is 6.10 Å². The van der Waals surface area contributed by atoms with Gasteiger partial charge in [0.05, 0.1) is 6.61 Å². The van der Waals surface area contributed by atoms with Crippen LogP contribution in [0.2, 0.25) is 0 Å². The molecule has 0 aromatic rings. The summed E-state index contributed by atoms with van der Waals surface area (Å²) in [6.45, 7) is 4.04. The highest BCUT2D eigenvalue weighted by Crippen LogP contribution is 2.16. The molecule has 342 valence electrons. The van der Waals surface area contributed by atoms with Gasteiger partial charge in [-0.3, -0.25) is 9.59 Å².